The number of aliphatic hydroxyl groups is 2. The molecule has 0 bridgehead atoms. The minimum absolute atomic E-state index is 0.124. The highest BCUT2D eigenvalue weighted by atomic mass is 16.3. The van der Waals surface area contributed by atoms with E-state index in [0.29, 0.717) is 11.1 Å². The first kappa shape index (κ1) is 33.5. The van der Waals surface area contributed by atoms with Crippen LogP contribution in [0, 0.1) is 10.8 Å². The molecular weight excluding hydrogens is 500 g/mol. The predicted molar refractivity (Wildman–Crippen MR) is 163 cm³/mol. The average Bonchev–Trinajstić information content (AvgIpc) is 2.80. The summed E-state index contributed by atoms with van der Waals surface area (Å²) >= 11 is 0. The van der Waals surface area contributed by atoms with E-state index < -0.39 is 33.8 Å². The standard InChI is InChI=1S/C34H52N2O4/c1-29(2,3)23-15-13-17-25(19-23)33(39,31(7,8)9)21-27(37)35-36-28(38)22-34(40,32(10,11)12)26-18-14-16-24(20-26)30(4,5)6/h13-20,39-40H,21-22H2,1-12H3,(H,35,37)(H,36,38). The van der Waals surface area contributed by atoms with Crippen LogP contribution in [-0.2, 0) is 31.6 Å². The SMILES string of the molecule is CC(C)(C)c1cccc(C(O)(CC(=O)NNC(=O)CC(O)(c2cccc(C(C)(C)C)c2)C(C)(C)C)C(C)(C)C)c1. The first-order valence-corrected chi connectivity index (χ1v) is 14.2. The van der Waals surface area contributed by atoms with Gasteiger partial charge in [-0.05, 0) is 43.9 Å². The molecule has 222 valence electrons. The molecule has 2 unspecified atom stereocenters. The Morgan fingerprint density at radius 3 is 1.07 bits per heavy atom. The molecule has 6 nitrogen and oxygen atoms in total. The van der Waals surface area contributed by atoms with Crippen molar-refractivity contribution in [2.24, 2.45) is 10.8 Å². The summed E-state index contributed by atoms with van der Waals surface area (Å²) in [4.78, 5) is 26.2. The number of hydrazine groups is 1. The van der Waals surface area contributed by atoms with Crippen LogP contribution >= 0.6 is 0 Å². The van der Waals surface area contributed by atoms with Crippen LogP contribution in [0.4, 0.5) is 0 Å². The van der Waals surface area contributed by atoms with Gasteiger partial charge in [-0.1, -0.05) is 132 Å². The molecule has 0 aliphatic rings. The lowest BCUT2D eigenvalue weighted by molar-refractivity contribution is -0.142. The van der Waals surface area contributed by atoms with Crippen LogP contribution in [-0.4, -0.2) is 22.0 Å². The van der Waals surface area contributed by atoms with E-state index >= 15 is 0 Å². The third-order valence-corrected chi connectivity index (χ3v) is 8.07. The quantitative estimate of drug-likeness (QED) is 0.313. The summed E-state index contributed by atoms with van der Waals surface area (Å²) < 4.78 is 0. The zero-order valence-electron chi connectivity index (χ0n) is 26.7. The lowest BCUT2D eigenvalue weighted by Gasteiger charge is -2.41. The Bertz CT molecular complexity index is 1110. The van der Waals surface area contributed by atoms with Crippen molar-refractivity contribution in [2.45, 2.75) is 118 Å². The normalized spacial score (nSPS) is 16.1. The van der Waals surface area contributed by atoms with Gasteiger partial charge in [0.2, 0.25) is 11.8 Å². The molecule has 0 aliphatic heterocycles. The molecule has 0 aromatic heterocycles. The van der Waals surface area contributed by atoms with E-state index in [4.69, 9.17) is 0 Å². The van der Waals surface area contributed by atoms with Crippen molar-refractivity contribution in [2.75, 3.05) is 0 Å². The number of carbonyl (C=O) groups is 2. The number of benzene rings is 2. The van der Waals surface area contributed by atoms with Gasteiger partial charge in [0.1, 0.15) is 11.2 Å². The van der Waals surface area contributed by atoms with Gasteiger partial charge < -0.3 is 10.2 Å². The predicted octanol–water partition coefficient (Wildman–Crippen LogP) is 6.38. The highest BCUT2D eigenvalue weighted by Gasteiger charge is 2.45. The molecule has 2 aromatic rings. The summed E-state index contributed by atoms with van der Waals surface area (Å²) in [6, 6.07) is 15.4. The number of hydrogen-bond donors (Lipinski definition) is 4. The molecule has 0 spiro atoms. The van der Waals surface area contributed by atoms with Gasteiger partial charge in [-0.2, -0.15) is 0 Å². The minimum Gasteiger partial charge on any atom is -0.384 e. The van der Waals surface area contributed by atoms with Crippen LogP contribution in [0.1, 0.15) is 118 Å². The summed E-state index contributed by atoms with van der Waals surface area (Å²) in [6.45, 7) is 23.9. The molecule has 0 heterocycles. The first-order valence-electron chi connectivity index (χ1n) is 14.2. The molecule has 0 saturated carbocycles. The Morgan fingerprint density at radius 2 is 0.825 bits per heavy atom. The maximum Gasteiger partial charge on any atom is 0.241 e. The van der Waals surface area contributed by atoms with Gasteiger partial charge in [0.15, 0.2) is 0 Å². The monoisotopic (exact) mass is 552 g/mol. The van der Waals surface area contributed by atoms with Crippen LogP contribution in [0.2, 0.25) is 0 Å². The van der Waals surface area contributed by atoms with Crippen molar-refractivity contribution in [3.05, 3.63) is 70.8 Å². The van der Waals surface area contributed by atoms with Crippen molar-refractivity contribution in [1.82, 2.24) is 10.9 Å². The molecular formula is C34H52N2O4. The molecule has 2 amide bonds. The zero-order chi connectivity index (χ0) is 30.9. The van der Waals surface area contributed by atoms with Crippen LogP contribution in [0.3, 0.4) is 0 Å². The van der Waals surface area contributed by atoms with Gasteiger partial charge in [0.05, 0.1) is 12.8 Å². The van der Waals surface area contributed by atoms with E-state index in [2.05, 4.69) is 52.4 Å². The number of amides is 2. The van der Waals surface area contributed by atoms with Crippen molar-refractivity contribution in [3.63, 3.8) is 0 Å². The second kappa shape index (κ2) is 11.3. The number of carbonyl (C=O) groups excluding carboxylic acids is 2. The lowest BCUT2D eigenvalue weighted by Crippen LogP contribution is -2.51. The van der Waals surface area contributed by atoms with Gasteiger partial charge in [0, 0.05) is 0 Å². The zero-order valence-corrected chi connectivity index (χ0v) is 26.7. The van der Waals surface area contributed by atoms with Crippen LogP contribution < -0.4 is 10.9 Å². The molecule has 40 heavy (non-hydrogen) atoms. The minimum atomic E-state index is -1.48. The molecule has 0 fully saturated rings. The van der Waals surface area contributed by atoms with Crippen LogP contribution in [0.25, 0.3) is 0 Å². The van der Waals surface area contributed by atoms with E-state index in [1.807, 2.05) is 90.1 Å². The van der Waals surface area contributed by atoms with E-state index in [1.54, 1.807) is 0 Å². The average molecular weight is 553 g/mol. The first-order chi connectivity index (χ1) is 17.9. The fourth-order valence-corrected chi connectivity index (χ4v) is 4.78. The lowest BCUT2D eigenvalue weighted by atomic mass is 9.69. The highest BCUT2D eigenvalue weighted by Crippen LogP contribution is 2.44. The van der Waals surface area contributed by atoms with Crippen molar-refractivity contribution >= 4 is 11.8 Å². The smallest absolute Gasteiger partial charge is 0.241 e. The molecule has 0 radical (unpaired) electrons. The fourth-order valence-electron chi connectivity index (χ4n) is 4.78. The van der Waals surface area contributed by atoms with Gasteiger partial charge in [-0.3, -0.25) is 20.4 Å². The second-order valence-corrected chi connectivity index (χ2v) is 15.3. The Kier molecular flexibility index (Phi) is 9.46. The Hall–Kier alpha value is -2.70. The number of nitrogens with one attached hydrogen (secondary N) is 2. The number of hydrogen-bond acceptors (Lipinski definition) is 4. The van der Waals surface area contributed by atoms with Crippen molar-refractivity contribution < 1.29 is 19.8 Å². The molecule has 0 saturated heterocycles. The summed E-state index contributed by atoms with van der Waals surface area (Å²) in [5, 5.41) is 23.7. The summed E-state index contributed by atoms with van der Waals surface area (Å²) in [5.74, 6) is -1.05. The molecule has 4 N–H and O–H groups in total. The van der Waals surface area contributed by atoms with E-state index in [9.17, 15) is 19.8 Å². The summed E-state index contributed by atoms with van der Waals surface area (Å²) in [5.41, 5.74) is 3.80. The van der Waals surface area contributed by atoms with Gasteiger partial charge in [-0.25, -0.2) is 0 Å². The summed E-state index contributed by atoms with van der Waals surface area (Å²) in [7, 11) is 0. The fraction of sp³-hybridized carbons (Fsp3) is 0.588. The highest BCUT2D eigenvalue weighted by molar-refractivity contribution is 5.83. The molecule has 0 aliphatic carbocycles. The number of rotatable bonds is 6. The van der Waals surface area contributed by atoms with E-state index in [-0.39, 0.29) is 23.7 Å². The Balaban J connectivity index is 2.25. The second-order valence-electron chi connectivity index (χ2n) is 15.3. The van der Waals surface area contributed by atoms with Gasteiger partial charge in [-0.15, -0.1) is 0 Å². The molecule has 2 atom stereocenters. The van der Waals surface area contributed by atoms with E-state index in [0.717, 1.165) is 11.1 Å². The maximum absolute atomic E-state index is 13.1. The van der Waals surface area contributed by atoms with E-state index in [1.165, 1.54) is 0 Å². The van der Waals surface area contributed by atoms with Crippen LogP contribution in [0.15, 0.2) is 48.5 Å². The topological polar surface area (TPSA) is 98.7 Å². The third-order valence-electron chi connectivity index (χ3n) is 8.07. The molecule has 6 heteroatoms. The van der Waals surface area contributed by atoms with Gasteiger partial charge in [0.25, 0.3) is 0 Å². The van der Waals surface area contributed by atoms with Crippen molar-refractivity contribution in [1.29, 1.82) is 0 Å². The maximum atomic E-state index is 13.1. The largest absolute Gasteiger partial charge is 0.384 e. The Labute approximate surface area is 241 Å². The summed E-state index contributed by atoms with van der Waals surface area (Å²) in [6.07, 6.45) is -0.497. The van der Waals surface area contributed by atoms with Crippen LogP contribution in [0.5, 0.6) is 0 Å². The van der Waals surface area contributed by atoms with Crippen molar-refractivity contribution in [3.8, 4) is 0 Å². The molecule has 2 aromatic carbocycles. The van der Waals surface area contributed by atoms with Gasteiger partial charge >= 0.3 is 0 Å². The molecule has 2 rings (SSSR count). The third kappa shape index (κ3) is 7.52. The Morgan fingerprint density at radius 1 is 0.550 bits per heavy atom.